The first-order chi connectivity index (χ1) is 11.8. The number of hydrogen-bond acceptors (Lipinski definition) is 2. The zero-order valence-corrected chi connectivity index (χ0v) is 17.8. The van der Waals surface area contributed by atoms with E-state index in [0.29, 0.717) is 22.9 Å². The van der Waals surface area contributed by atoms with Gasteiger partial charge in [0.1, 0.15) is 0 Å². The SMILES string of the molecule is CC.CCCCOCCC(=O)N1CC(C([I-]C)c2ccccc2)C1. The van der Waals surface area contributed by atoms with Gasteiger partial charge >= 0.3 is 145 Å². The van der Waals surface area contributed by atoms with Crippen LogP contribution in [0.5, 0.6) is 0 Å². The average Bonchev–Trinajstić information content (AvgIpc) is 2.59. The molecule has 1 aliphatic rings. The molecule has 0 N–H and O–H groups in total. The van der Waals surface area contributed by atoms with Crippen molar-refractivity contribution in [3.8, 4) is 0 Å². The molecule has 1 aliphatic heterocycles. The van der Waals surface area contributed by atoms with Gasteiger partial charge in [-0.15, -0.1) is 0 Å². The van der Waals surface area contributed by atoms with E-state index in [-0.39, 0.29) is 27.1 Å². The summed E-state index contributed by atoms with van der Waals surface area (Å²) >= 11 is 0.147. The Hall–Kier alpha value is -0.620. The molecular weight excluding hydrogens is 413 g/mol. The van der Waals surface area contributed by atoms with Gasteiger partial charge in [0.15, 0.2) is 0 Å². The predicted octanol–water partition coefficient (Wildman–Crippen LogP) is 1.14. The second-order valence-electron chi connectivity index (χ2n) is 5.81. The first-order valence-electron chi connectivity index (χ1n) is 9.14. The Balaban J connectivity index is 0.00000139. The van der Waals surface area contributed by atoms with Crippen LogP contribution < -0.4 is 21.2 Å². The van der Waals surface area contributed by atoms with E-state index in [0.717, 1.165) is 32.5 Å². The third-order valence-electron chi connectivity index (χ3n) is 4.13. The number of ether oxygens (including phenoxy) is 1. The summed E-state index contributed by atoms with van der Waals surface area (Å²) in [4.78, 5) is 16.5. The van der Waals surface area contributed by atoms with Gasteiger partial charge in [0.05, 0.1) is 0 Å². The number of hydrogen-bond donors (Lipinski definition) is 0. The zero-order valence-electron chi connectivity index (χ0n) is 15.6. The summed E-state index contributed by atoms with van der Waals surface area (Å²) in [7, 11) is 0. The Morgan fingerprint density at radius 2 is 1.92 bits per heavy atom. The van der Waals surface area contributed by atoms with Crippen molar-refractivity contribution in [2.75, 3.05) is 31.2 Å². The Bertz CT molecular complexity index is 446. The number of carbonyl (C=O) groups is 1. The molecule has 138 valence electrons. The average molecular weight is 446 g/mol. The van der Waals surface area contributed by atoms with Crippen LogP contribution in [0.2, 0.25) is 0 Å². The number of rotatable bonds is 9. The molecule has 0 radical (unpaired) electrons. The molecule has 1 amide bonds. The molecule has 2 rings (SSSR count). The van der Waals surface area contributed by atoms with E-state index >= 15 is 0 Å². The van der Waals surface area contributed by atoms with E-state index in [4.69, 9.17) is 4.74 Å². The van der Waals surface area contributed by atoms with Crippen molar-refractivity contribution in [3.05, 3.63) is 35.9 Å². The van der Waals surface area contributed by atoms with Crippen LogP contribution in [0.3, 0.4) is 0 Å². The number of carbonyl (C=O) groups excluding carboxylic acids is 1. The van der Waals surface area contributed by atoms with E-state index in [2.05, 4.69) is 42.2 Å². The molecule has 1 aromatic carbocycles. The Labute approximate surface area is 158 Å². The predicted molar refractivity (Wildman–Crippen MR) is 96.9 cm³/mol. The maximum absolute atomic E-state index is 12.1. The summed E-state index contributed by atoms with van der Waals surface area (Å²) in [5, 5.41) is 0. The molecule has 0 saturated carbocycles. The summed E-state index contributed by atoms with van der Waals surface area (Å²) in [6.45, 7) is 9.36. The second-order valence-corrected chi connectivity index (χ2v) is 8.39. The van der Waals surface area contributed by atoms with Crippen molar-refractivity contribution in [2.24, 2.45) is 5.92 Å². The zero-order chi connectivity index (χ0) is 17.8. The molecule has 1 aromatic rings. The molecule has 4 heteroatoms. The minimum absolute atomic E-state index is 0.147. The van der Waals surface area contributed by atoms with Crippen LogP contribution in [0.15, 0.2) is 30.3 Å². The number of alkyl halides is 2. The van der Waals surface area contributed by atoms with Gasteiger partial charge in [-0.05, 0) is 0 Å². The van der Waals surface area contributed by atoms with Crippen LogP contribution in [-0.2, 0) is 9.53 Å². The van der Waals surface area contributed by atoms with Gasteiger partial charge in [0.25, 0.3) is 0 Å². The molecule has 1 atom stereocenters. The van der Waals surface area contributed by atoms with Gasteiger partial charge in [-0.2, -0.15) is 0 Å². The van der Waals surface area contributed by atoms with Gasteiger partial charge in [-0.3, -0.25) is 0 Å². The van der Waals surface area contributed by atoms with E-state index in [1.165, 1.54) is 5.56 Å². The van der Waals surface area contributed by atoms with E-state index < -0.39 is 0 Å². The van der Waals surface area contributed by atoms with Crippen molar-refractivity contribution in [3.63, 3.8) is 0 Å². The third-order valence-corrected chi connectivity index (χ3v) is 7.21. The summed E-state index contributed by atoms with van der Waals surface area (Å²) < 4.78 is 6.17. The van der Waals surface area contributed by atoms with E-state index in [9.17, 15) is 4.79 Å². The molecule has 0 spiro atoms. The fraction of sp³-hybridized carbons (Fsp3) is 0.650. The van der Waals surface area contributed by atoms with Gasteiger partial charge in [-0.1, -0.05) is 13.8 Å². The molecule has 0 aliphatic carbocycles. The van der Waals surface area contributed by atoms with Crippen LogP contribution in [0, 0.1) is 5.92 Å². The van der Waals surface area contributed by atoms with Crippen LogP contribution in [-0.4, -0.2) is 42.0 Å². The third kappa shape index (κ3) is 6.71. The Morgan fingerprint density at radius 3 is 2.50 bits per heavy atom. The van der Waals surface area contributed by atoms with Gasteiger partial charge < -0.3 is 0 Å². The number of nitrogens with zero attached hydrogens (tertiary/aromatic N) is 1. The normalized spacial score (nSPS) is 15.4. The molecule has 24 heavy (non-hydrogen) atoms. The molecule has 1 fully saturated rings. The van der Waals surface area contributed by atoms with Gasteiger partial charge in [0, 0.05) is 0 Å². The number of benzene rings is 1. The molecule has 1 heterocycles. The number of likely N-dealkylation sites (tertiary alicyclic amines) is 1. The topological polar surface area (TPSA) is 29.5 Å². The molecule has 0 bridgehead atoms. The Morgan fingerprint density at radius 1 is 1.25 bits per heavy atom. The van der Waals surface area contributed by atoms with Crippen molar-refractivity contribution in [2.45, 2.75) is 44.0 Å². The molecule has 1 unspecified atom stereocenters. The quantitative estimate of drug-likeness (QED) is 0.324. The summed E-state index contributed by atoms with van der Waals surface area (Å²) in [5.74, 6) is 0.916. The van der Waals surface area contributed by atoms with Crippen LogP contribution in [0.4, 0.5) is 0 Å². The van der Waals surface area contributed by atoms with Crippen LogP contribution >= 0.6 is 0 Å². The van der Waals surface area contributed by atoms with Crippen LogP contribution in [0.1, 0.15) is 49.5 Å². The minimum atomic E-state index is 0.147. The van der Waals surface area contributed by atoms with Crippen molar-refractivity contribution >= 4 is 5.91 Å². The first-order valence-corrected chi connectivity index (χ1v) is 12.5. The Kier molecular flexibility index (Phi) is 11.3. The number of unbranched alkanes of at least 4 members (excludes halogenated alkanes) is 1. The summed E-state index contributed by atoms with van der Waals surface area (Å²) in [5.41, 5.74) is 1.46. The van der Waals surface area contributed by atoms with Crippen LogP contribution in [0.25, 0.3) is 0 Å². The standard InChI is InChI=1S/C18H27INO2.C2H6/c1-3-4-11-22-12-10-17(21)20-13-16(14-20)18(19-2)15-8-6-5-7-9-15;1-2/h5-9,16,18H,3-4,10-14H2,1-2H3;1-2H3/q-1;. The number of amides is 1. The molecule has 3 nitrogen and oxygen atoms in total. The van der Waals surface area contributed by atoms with Gasteiger partial charge in [0.2, 0.25) is 0 Å². The second kappa shape index (κ2) is 12.7. The summed E-state index contributed by atoms with van der Waals surface area (Å²) in [6.07, 6.45) is 2.76. The fourth-order valence-corrected chi connectivity index (χ4v) is 5.39. The maximum atomic E-state index is 12.1. The first kappa shape index (κ1) is 21.4. The summed E-state index contributed by atoms with van der Waals surface area (Å²) in [6, 6.07) is 10.8. The van der Waals surface area contributed by atoms with Crippen molar-refractivity contribution in [1.29, 1.82) is 0 Å². The number of halogens is 1. The molecule has 1 saturated heterocycles. The van der Waals surface area contributed by atoms with E-state index in [1.807, 2.05) is 18.7 Å². The van der Waals surface area contributed by atoms with Crippen molar-refractivity contribution in [1.82, 2.24) is 4.90 Å². The monoisotopic (exact) mass is 446 g/mol. The molecular formula is C20H33INO2-. The molecule has 0 aromatic heterocycles. The van der Waals surface area contributed by atoms with Gasteiger partial charge in [-0.25, -0.2) is 0 Å². The van der Waals surface area contributed by atoms with E-state index in [1.54, 1.807) is 0 Å². The fourth-order valence-electron chi connectivity index (χ4n) is 2.78. The van der Waals surface area contributed by atoms with Crippen molar-refractivity contribution < 1.29 is 30.7 Å².